The van der Waals surface area contributed by atoms with Crippen LogP contribution < -0.4 is 5.73 Å². The van der Waals surface area contributed by atoms with E-state index in [0.29, 0.717) is 18.7 Å². The third-order valence-corrected chi connectivity index (χ3v) is 4.92. The minimum Gasteiger partial charge on any atom is -0.399 e. The van der Waals surface area contributed by atoms with Crippen molar-refractivity contribution in [2.75, 3.05) is 19.3 Å². The second kappa shape index (κ2) is 6.02. The van der Waals surface area contributed by atoms with E-state index in [1.54, 1.807) is 31.6 Å². The van der Waals surface area contributed by atoms with Gasteiger partial charge in [-0.1, -0.05) is 0 Å². The molecule has 1 aromatic carbocycles. The zero-order valence-corrected chi connectivity index (χ0v) is 12.0. The molecular weight excluding hydrogens is 274 g/mol. The average molecular weight is 291 g/mol. The molecule has 0 unspecified atom stereocenters. The van der Waals surface area contributed by atoms with Crippen LogP contribution in [0.2, 0.25) is 0 Å². The van der Waals surface area contributed by atoms with Gasteiger partial charge in [0.15, 0.2) is 0 Å². The summed E-state index contributed by atoms with van der Waals surface area (Å²) in [5, 5.41) is 0. The lowest BCUT2D eigenvalue weighted by Crippen LogP contribution is -2.29. The van der Waals surface area contributed by atoms with Crippen molar-refractivity contribution in [3.8, 4) is 0 Å². The summed E-state index contributed by atoms with van der Waals surface area (Å²) in [6, 6.07) is 9.97. The van der Waals surface area contributed by atoms with Crippen LogP contribution in [0.4, 0.5) is 5.69 Å². The number of rotatable bonds is 5. The molecule has 0 amide bonds. The van der Waals surface area contributed by atoms with E-state index >= 15 is 0 Å². The van der Waals surface area contributed by atoms with Gasteiger partial charge in [-0.15, -0.1) is 0 Å². The fraction of sp³-hybridized carbons (Fsp3) is 0.214. The second-order valence-electron chi connectivity index (χ2n) is 4.50. The number of nitrogen functional groups attached to an aromatic ring is 1. The molecule has 1 heterocycles. The van der Waals surface area contributed by atoms with Crippen LogP contribution in [0.15, 0.2) is 53.7 Å². The maximum Gasteiger partial charge on any atom is 0.242 e. The monoisotopic (exact) mass is 291 g/mol. The minimum atomic E-state index is -3.46. The summed E-state index contributed by atoms with van der Waals surface area (Å²) in [4.78, 5) is 4.19. The van der Waals surface area contributed by atoms with Crippen molar-refractivity contribution in [2.24, 2.45) is 0 Å². The topological polar surface area (TPSA) is 76.3 Å². The molecule has 2 aromatic rings. The first-order valence-corrected chi connectivity index (χ1v) is 7.65. The first-order valence-electron chi connectivity index (χ1n) is 6.21. The summed E-state index contributed by atoms with van der Waals surface area (Å²) in [7, 11) is -1.89. The molecule has 0 aliphatic rings. The SMILES string of the molecule is CN(CCc1ccncc1)S(=O)(=O)c1ccc(N)cc1. The Morgan fingerprint density at radius 2 is 1.70 bits per heavy atom. The number of hydrogen-bond donors (Lipinski definition) is 1. The molecule has 2 N–H and O–H groups in total. The number of nitrogens with zero attached hydrogens (tertiary/aromatic N) is 2. The Morgan fingerprint density at radius 1 is 1.10 bits per heavy atom. The predicted molar refractivity (Wildman–Crippen MR) is 78.6 cm³/mol. The lowest BCUT2D eigenvalue weighted by atomic mass is 10.2. The minimum absolute atomic E-state index is 0.254. The molecule has 0 radical (unpaired) electrons. The van der Waals surface area contributed by atoms with E-state index in [2.05, 4.69) is 4.98 Å². The number of hydrogen-bond acceptors (Lipinski definition) is 4. The molecule has 106 valence electrons. The normalized spacial score (nSPS) is 11.7. The van der Waals surface area contributed by atoms with Gasteiger partial charge < -0.3 is 5.73 Å². The molecular formula is C14H17N3O2S. The summed E-state index contributed by atoms with van der Waals surface area (Å²) >= 11 is 0. The van der Waals surface area contributed by atoms with Crippen LogP contribution in [-0.4, -0.2) is 31.3 Å². The van der Waals surface area contributed by atoms with Gasteiger partial charge in [0.25, 0.3) is 0 Å². The van der Waals surface area contributed by atoms with Crippen molar-refractivity contribution in [3.63, 3.8) is 0 Å². The van der Waals surface area contributed by atoms with Gasteiger partial charge >= 0.3 is 0 Å². The zero-order chi connectivity index (χ0) is 14.6. The molecule has 2 rings (SSSR count). The highest BCUT2D eigenvalue weighted by Crippen LogP contribution is 2.16. The highest BCUT2D eigenvalue weighted by Gasteiger charge is 2.20. The maximum absolute atomic E-state index is 12.3. The van der Waals surface area contributed by atoms with Gasteiger partial charge in [-0.25, -0.2) is 12.7 Å². The zero-order valence-electron chi connectivity index (χ0n) is 11.2. The summed E-state index contributed by atoms with van der Waals surface area (Å²) in [5.74, 6) is 0. The van der Waals surface area contributed by atoms with Gasteiger partial charge in [0, 0.05) is 31.7 Å². The molecule has 0 atom stereocenters. The number of nitrogens with two attached hydrogens (primary N) is 1. The number of benzene rings is 1. The van der Waals surface area contributed by atoms with E-state index in [1.165, 1.54) is 16.4 Å². The Balaban J connectivity index is 2.08. The van der Waals surface area contributed by atoms with Crippen LogP contribution >= 0.6 is 0 Å². The van der Waals surface area contributed by atoms with E-state index in [9.17, 15) is 8.42 Å². The van der Waals surface area contributed by atoms with Crippen LogP contribution in [0.3, 0.4) is 0 Å². The predicted octanol–water partition coefficient (Wildman–Crippen LogP) is 1.53. The van der Waals surface area contributed by atoms with E-state index in [0.717, 1.165) is 5.56 Å². The van der Waals surface area contributed by atoms with Crippen LogP contribution in [-0.2, 0) is 16.4 Å². The Labute approximate surface area is 119 Å². The largest absolute Gasteiger partial charge is 0.399 e. The fourth-order valence-corrected chi connectivity index (χ4v) is 2.95. The maximum atomic E-state index is 12.3. The van der Waals surface area contributed by atoms with Gasteiger partial charge in [-0.05, 0) is 48.4 Å². The number of pyridine rings is 1. The molecule has 5 nitrogen and oxygen atoms in total. The quantitative estimate of drug-likeness (QED) is 0.848. The van der Waals surface area contributed by atoms with Gasteiger partial charge in [-0.2, -0.15) is 0 Å². The fourth-order valence-electron chi connectivity index (χ4n) is 1.78. The molecule has 0 saturated heterocycles. The van der Waals surface area contributed by atoms with Gasteiger partial charge in [-0.3, -0.25) is 4.98 Å². The Hall–Kier alpha value is -1.92. The van der Waals surface area contributed by atoms with Crippen molar-refractivity contribution < 1.29 is 8.42 Å². The van der Waals surface area contributed by atoms with Crippen LogP contribution in [0.1, 0.15) is 5.56 Å². The summed E-state index contributed by atoms with van der Waals surface area (Å²) in [6.45, 7) is 0.413. The Kier molecular flexibility index (Phi) is 4.36. The highest BCUT2D eigenvalue weighted by molar-refractivity contribution is 7.89. The third kappa shape index (κ3) is 3.34. The van der Waals surface area contributed by atoms with E-state index in [-0.39, 0.29) is 4.90 Å². The Morgan fingerprint density at radius 3 is 2.30 bits per heavy atom. The van der Waals surface area contributed by atoms with Crippen molar-refractivity contribution in [1.29, 1.82) is 0 Å². The number of anilines is 1. The number of likely N-dealkylation sites (N-methyl/N-ethyl adjacent to an activating group) is 1. The van der Waals surface area contributed by atoms with Gasteiger partial charge in [0.1, 0.15) is 0 Å². The number of sulfonamides is 1. The van der Waals surface area contributed by atoms with Crippen LogP contribution in [0, 0.1) is 0 Å². The molecule has 20 heavy (non-hydrogen) atoms. The van der Waals surface area contributed by atoms with E-state index in [4.69, 9.17) is 5.73 Å². The molecule has 0 fully saturated rings. The smallest absolute Gasteiger partial charge is 0.242 e. The first-order chi connectivity index (χ1) is 9.50. The first kappa shape index (κ1) is 14.5. The highest BCUT2D eigenvalue weighted by atomic mass is 32.2. The van der Waals surface area contributed by atoms with E-state index < -0.39 is 10.0 Å². The van der Waals surface area contributed by atoms with E-state index in [1.807, 2.05) is 12.1 Å². The molecule has 0 aliphatic heterocycles. The molecule has 6 heteroatoms. The average Bonchev–Trinajstić information content (AvgIpc) is 2.46. The number of aromatic nitrogens is 1. The van der Waals surface area contributed by atoms with Crippen molar-refractivity contribution in [2.45, 2.75) is 11.3 Å². The summed E-state index contributed by atoms with van der Waals surface area (Å²) in [5.41, 5.74) is 7.17. The van der Waals surface area contributed by atoms with Crippen LogP contribution in [0.5, 0.6) is 0 Å². The van der Waals surface area contributed by atoms with Crippen molar-refractivity contribution in [1.82, 2.24) is 9.29 Å². The lowest BCUT2D eigenvalue weighted by molar-refractivity contribution is 0.472. The Bertz CT molecular complexity index is 655. The molecule has 0 bridgehead atoms. The van der Waals surface area contributed by atoms with Crippen molar-refractivity contribution >= 4 is 15.7 Å². The third-order valence-electron chi connectivity index (χ3n) is 3.05. The van der Waals surface area contributed by atoms with Gasteiger partial charge in [0.05, 0.1) is 4.90 Å². The summed E-state index contributed by atoms with van der Waals surface area (Å²) < 4.78 is 26.0. The molecule has 0 aliphatic carbocycles. The van der Waals surface area contributed by atoms with Crippen molar-refractivity contribution in [3.05, 3.63) is 54.4 Å². The molecule has 0 spiro atoms. The second-order valence-corrected chi connectivity index (χ2v) is 6.55. The van der Waals surface area contributed by atoms with Crippen LogP contribution in [0.25, 0.3) is 0 Å². The lowest BCUT2D eigenvalue weighted by Gasteiger charge is -2.17. The molecule has 0 saturated carbocycles. The summed E-state index contributed by atoms with van der Waals surface area (Å²) in [6.07, 6.45) is 4.04. The molecule has 1 aromatic heterocycles. The standard InChI is InChI=1S/C14H17N3O2S/c1-17(11-8-12-6-9-16-10-7-12)20(18,19)14-4-2-13(15)3-5-14/h2-7,9-10H,8,11,15H2,1H3. The van der Waals surface area contributed by atoms with Gasteiger partial charge in [0.2, 0.25) is 10.0 Å².